The van der Waals surface area contributed by atoms with Gasteiger partial charge in [0.15, 0.2) is 0 Å². The second-order valence-corrected chi connectivity index (χ2v) is 7.03. The summed E-state index contributed by atoms with van der Waals surface area (Å²) in [6.45, 7) is 9.33. The third kappa shape index (κ3) is 1.65. The molecule has 10 heavy (non-hydrogen) atoms. The molecule has 60 valence electrons. The molecule has 0 amide bonds. The molecule has 2 heteroatoms. The fourth-order valence-corrected chi connectivity index (χ4v) is 4.47. The van der Waals surface area contributed by atoms with Crippen LogP contribution < -0.4 is 0 Å². The van der Waals surface area contributed by atoms with Crippen LogP contribution >= 0.6 is 23.5 Å². The standard InChI is InChI=1S/C8H16S2/c1-6(2)8(4)9-5-7(3)10-8/h6-7H,5H2,1-4H3. The Morgan fingerprint density at radius 1 is 1.50 bits per heavy atom. The van der Waals surface area contributed by atoms with Gasteiger partial charge in [-0.25, -0.2) is 0 Å². The van der Waals surface area contributed by atoms with Crippen LogP contribution in [0.25, 0.3) is 0 Å². The maximum Gasteiger partial charge on any atom is 0.0609 e. The second-order valence-electron chi connectivity index (χ2n) is 3.41. The van der Waals surface area contributed by atoms with E-state index in [2.05, 4.69) is 51.2 Å². The molecule has 0 radical (unpaired) electrons. The van der Waals surface area contributed by atoms with Gasteiger partial charge in [-0.15, -0.1) is 23.5 Å². The van der Waals surface area contributed by atoms with Gasteiger partial charge in [0.2, 0.25) is 0 Å². The predicted octanol–water partition coefficient (Wildman–Crippen LogP) is 3.23. The second kappa shape index (κ2) is 2.98. The first kappa shape index (κ1) is 8.79. The van der Waals surface area contributed by atoms with E-state index in [1.165, 1.54) is 5.75 Å². The smallest absolute Gasteiger partial charge is 0.0609 e. The number of rotatable bonds is 1. The van der Waals surface area contributed by atoms with Crippen LogP contribution in [0.5, 0.6) is 0 Å². The lowest BCUT2D eigenvalue weighted by atomic mass is 10.1. The summed E-state index contributed by atoms with van der Waals surface area (Å²) in [6.07, 6.45) is 0. The van der Waals surface area contributed by atoms with E-state index in [4.69, 9.17) is 0 Å². The lowest BCUT2D eigenvalue weighted by Crippen LogP contribution is -2.19. The summed E-state index contributed by atoms with van der Waals surface area (Å²) in [4.78, 5) is 0. The molecule has 0 aromatic heterocycles. The van der Waals surface area contributed by atoms with Crippen molar-refractivity contribution < 1.29 is 0 Å². The van der Waals surface area contributed by atoms with Crippen molar-refractivity contribution in [3.8, 4) is 0 Å². The maximum atomic E-state index is 2.37. The first-order valence-corrected chi connectivity index (χ1v) is 5.73. The van der Waals surface area contributed by atoms with E-state index in [0.717, 1.165) is 11.2 Å². The monoisotopic (exact) mass is 176 g/mol. The Labute approximate surface area is 72.5 Å². The molecule has 1 rings (SSSR count). The largest absolute Gasteiger partial charge is 0.143 e. The van der Waals surface area contributed by atoms with E-state index in [0.29, 0.717) is 4.08 Å². The van der Waals surface area contributed by atoms with E-state index in [1.807, 2.05) is 0 Å². The fourth-order valence-electron chi connectivity index (χ4n) is 1.05. The lowest BCUT2D eigenvalue weighted by Gasteiger charge is -2.26. The Kier molecular flexibility index (Phi) is 2.62. The minimum absolute atomic E-state index is 0.499. The van der Waals surface area contributed by atoms with Crippen molar-refractivity contribution in [1.82, 2.24) is 0 Å². The van der Waals surface area contributed by atoms with Crippen molar-refractivity contribution >= 4 is 23.5 Å². The van der Waals surface area contributed by atoms with Gasteiger partial charge in [0.05, 0.1) is 4.08 Å². The molecule has 1 aliphatic rings. The Hall–Kier alpha value is 0.700. The molecule has 0 bridgehead atoms. The van der Waals surface area contributed by atoms with Gasteiger partial charge in [-0.3, -0.25) is 0 Å². The molecule has 1 saturated heterocycles. The zero-order valence-corrected chi connectivity index (χ0v) is 8.81. The number of thioether (sulfide) groups is 2. The van der Waals surface area contributed by atoms with Crippen molar-refractivity contribution in [3.63, 3.8) is 0 Å². The van der Waals surface area contributed by atoms with E-state index < -0.39 is 0 Å². The molecule has 0 spiro atoms. The van der Waals surface area contributed by atoms with E-state index >= 15 is 0 Å². The van der Waals surface area contributed by atoms with Gasteiger partial charge in [-0.2, -0.15) is 0 Å². The maximum absolute atomic E-state index is 2.37. The average Bonchev–Trinajstić information content (AvgIpc) is 2.13. The third-order valence-electron chi connectivity index (χ3n) is 2.09. The van der Waals surface area contributed by atoms with Crippen LogP contribution in [0.1, 0.15) is 27.7 Å². The average molecular weight is 176 g/mol. The summed E-state index contributed by atoms with van der Waals surface area (Å²) in [5.41, 5.74) is 0. The normalized spacial score (nSPS) is 41.1. The minimum Gasteiger partial charge on any atom is -0.143 e. The molecular formula is C8H16S2. The summed E-state index contributed by atoms with van der Waals surface area (Å²) in [6, 6.07) is 0. The van der Waals surface area contributed by atoms with Crippen molar-refractivity contribution in [3.05, 3.63) is 0 Å². The Bertz CT molecular complexity index is 122. The minimum atomic E-state index is 0.499. The lowest BCUT2D eigenvalue weighted by molar-refractivity contribution is 0.607. The summed E-state index contributed by atoms with van der Waals surface area (Å²) in [5, 5.41) is 0.859. The SMILES string of the molecule is CC1CSC(C)(C(C)C)S1. The summed E-state index contributed by atoms with van der Waals surface area (Å²) in [7, 11) is 0. The van der Waals surface area contributed by atoms with Crippen molar-refractivity contribution in [2.45, 2.75) is 37.0 Å². The van der Waals surface area contributed by atoms with Gasteiger partial charge >= 0.3 is 0 Å². The van der Waals surface area contributed by atoms with Gasteiger partial charge in [0.1, 0.15) is 0 Å². The van der Waals surface area contributed by atoms with Crippen molar-refractivity contribution in [2.24, 2.45) is 5.92 Å². The van der Waals surface area contributed by atoms with Crippen LogP contribution in [-0.2, 0) is 0 Å². The summed E-state index contributed by atoms with van der Waals surface area (Å²) in [5.74, 6) is 2.13. The van der Waals surface area contributed by atoms with E-state index in [9.17, 15) is 0 Å². The molecule has 0 N–H and O–H groups in total. The molecule has 0 saturated carbocycles. The zero-order valence-electron chi connectivity index (χ0n) is 7.18. The van der Waals surface area contributed by atoms with Crippen molar-refractivity contribution in [1.29, 1.82) is 0 Å². The highest BCUT2D eigenvalue weighted by Gasteiger charge is 2.36. The quantitative estimate of drug-likeness (QED) is 0.601. The first-order chi connectivity index (χ1) is 4.54. The van der Waals surface area contributed by atoms with E-state index in [-0.39, 0.29) is 0 Å². The third-order valence-corrected chi connectivity index (χ3v) is 6.16. The molecule has 1 fully saturated rings. The fraction of sp³-hybridized carbons (Fsp3) is 1.00. The molecular weight excluding hydrogens is 160 g/mol. The highest BCUT2D eigenvalue weighted by atomic mass is 32.2. The summed E-state index contributed by atoms with van der Waals surface area (Å²) < 4.78 is 0.499. The van der Waals surface area contributed by atoms with Gasteiger partial charge in [-0.05, 0) is 12.8 Å². The molecule has 2 unspecified atom stereocenters. The van der Waals surface area contributed by atoms with Gasteiger partial charge in [0, 0.05) is 11.0 Å². The first-order valence-electron chi connectivity index (χ1n) is 3.86. The Morgan fingerprint density at radius 3 is 2.30 bits per heavy atom. The van der Waals surface area contributed by atoms with Crippen LogP contribution in [0.3, 0.4) is 0 Å². The van der Waals surface area contributed by atoms with Crippen LogP contribution in [0.2, 0.25) is 0 Å². The Balaban J connectivity index is 2.54. The molecule has 0 aromatic rings. The van der Waals surface area contributed by atoms with E-state index in [1.54, 1.807) is 0 Å². The molecule has 0 aromatic carbocycles. The highest BCUT2D eigenvalue weighted by molar-refractivity contribution is 8.21. The molecule has 1 aliphatic heterocycles. The number of hydrogen-bond donors (Lipinski definition) is 0. The molecule has 1 heterocycles. The van der Waals surface area contributed by atoms with Gasteiger partial charge in [-0.1, -0.05) is 20.8 Å². The van der Waals surface area contributed by atoms with Crippen LogP contribution in [-0.4, -0.2) is 15.1 Å². The summed E-state index contributed by atoms with van der Waals surface area (Å²) >= 11 is 4.26. The van der Waals surface area contributed by atoms with Crippen LogP contribution in [0, 0.1) is 5.92 Å². The molecule has 0 nitrogen and oxygen atoms in total. The van der Waals surface area contributed by atoms with Crippen LogP contribution in [0.15, 0.2) is 0 Å². The van der Waals surface area contributed by atoms with Crippen LogP contribution in [0.4, 0.5) is 0 Å². The predicted molar refractivity (Wildman–Crippen MR) is 52.8 cm³/mol. The van der Waals surface area contributed by atoms with Gasteiger partial charge in [0.25, 0.3) is 0 Å². The van der Waals surface area contributed by atoms with Gasteiger partial charge < -0.3 is 0 Å². The number of hydrogen-bond acceptors (Lipinski definition) is 2. The topological polar surface area (TPSA) is 0 Å². The zero-order chi connectivity index (χ0) is 7.78. The van der Waals surface area contributed by atoms with Crippen molar-refractivity contribution in [2.75, 3.05) is 5.75 Å². The molecule has 2 atom stereocenters. The Morgan fingerprint density at radius 2 is 2.10 bits per heavy atom. The highest BCUT2D eigenvalue weighted by Crippen LogP contribution is 2.51. The molecule has 0 aliphatic carbocycles.